The highest BCUT2D eigenvalue weighted by atomic mass is 16.5. The smallest absolute Gasteiger partial charge is 0.336 e. The van der Waals surface area contributed by atoms with Gasteiger partial charge in [-0.15, -0.1) is 10.2 Å². The van der Waals surface area contributed by atoms with Crippen LogP contribution >= 0.6 is 0 Å². The van der Waals surface area contributed by atoms with Gasteiger partial charge in [0.05, 0.1) is 22.4 Å². The van der Waals surface area contributed by atoms with Crippen LogP contribution in [-0.4, -0.2) is 83.4 Å². The van der Waals surface area contributed by atoms with Gasteiger partial charge in [-0.2, -0.15) is 9.78 Å². The second kappa shape index (κ2) is 8.12. The number of likely N-dealkylation sites (tertiary alicyclic amines) is 1. The molecule has 0 radical (unpaired) electrons. The molecular weight excluding hydrogens is 428 g/mol. The van der Waals surface area contributed by atoms with E-state index in [1.165, 1.54) is 11.0 Å². The molecule has 0 saturated carbocycles. The van der Waals surface area contributed by atoms with Crippen LogP contribution < -0.4 is 0 Å². The maximum Gasteiger partial charge on any atom is 0.336 e. The first-order chi connectivity index (χ1) is 15.9. The Morgan fingerprint density at radius 1 is 1.21 bits per heavy atom. The van der Waals surface area contributed by atoms with Crippen molar-refractivity contribution in [2.45, 2.75) is 32.8 Å². The standard InChI is InChI=1S/C21H24N8O4/c1-13-9-17(29-12-22-25-26-29)23-24-18(13)16(30)10-27-6-3-21(4-7-27)5-8-28(20(21)32)15-11-33-19(31)14(15)2/h5,8-9,12,16,30H,3-4,6-7,10-11H2,1-2H3. The molecular formula is C21H24N8O4. The van der Waals surface area contributed by atoms with E-state index in [1.54, 1.807) is 24.1 Å². The number of aliphatic hydroxyl groups excluding tert-OH is 1. The first-order valence-corrected chi connectivity index (χ1v) is 10.8. The molecule has 2 aromatic rings. The SMILES string of the molecule is CC1=C(N2C=CC3(CCN(CC(O)c4nnc(-n5cnnn5)cc4C)CC3)C2=O)COC1=O. The Bertz CT molecular complexity index is 1150. The molecule has 1 fully saturated rings. The van der Waals surface area contributed by atoms with Crippen molar-refractivity contribution in [3.63, 3.8) is 0 Å². The van der Waals surface area contributed by atoms with E-state index in [0.717, 1.165) is 5.56 Å². The van der Waals surface area contributed by atoms with Crippen LogP contribution in [0.5, 0.6) is 0 Å². The molecule has 5 rings (SSSR count). The quantitative estimate of drug-likeness (QED) is 0.620. The van der Waals surface area contributed by atoms with Gasteiger partial charge in [-0.25, -0.2) is 4.79 Å². The molecule has 0 bridgehead atoms. The van der Waals surface area contributed by atoms with E-state index in [2.05, 4.69) is 30.6 Å². The van der Waals surface area contributed by atoms with Crippen molar-refractivity contribution in [3.8, 4) is 5.82 Å². The summed E-state index contributed by atoms with van der Waals surface area (Å²) in [5, 5.41) is 30.1. The summed E-state index contributed by atoms with van der Waals surface area (Å²) in [7, 11) is 0. The van der Waals surface area contributed by atoms with Gasteiger partial charge in [0.1, 0.15) is 19.0 Å². The van der Waals surface area contributed by atoms with Gasteiger partial charge in [0.2, 0.25) is 5.91 Å². The van der Waals surface area contributed by atoms with Gasteiger partial charge >= 0.3 is 5.97 Å². The minimum atomic E-state index is -0.810. The summed E-state index contributed by atoms with van der Waals surface area (Å²) in [6.45, 7) is 5.37. The van der Waals surface area contributed by atoms with Gasteiger partial charge in [0, 0.05) is 12.7 Å². The monoisotopic (exact) mass is 452 g/mol. The largest absolute Gasteiger partial charge is 0.456 e. The van der Waals surface area contributed by atoms with Crippen molar-refractivity contribution in [3.05, 3.63) is 47.2 Å². The molecule has 3 aliphatic heterocycles. The molecule has 12 heteroatoms. The number of carbonyl (C=O) groups is 2. The number of amides is 1. The van der Waals surface area contributed by atoms with Gasteiger partial charge in [-0.3, -0.25) is 9.69 Å². The Labute approximate surface area is 189 Å². The lowest BCUT2D eigenvalue weighted by Gasteiger charge is -2.38. The molecule has 2 aromatic heterocycles. The number of hydrogen-bond donors (Lipinski definition) is 1. The van der Waals surface area contributed by atoms with Gasteiger partial charge in [-0.1, -0.05) is 6.08 Å². The first-order valence-electron chi connectivity index (χ1n) is 10.8. The summed E-state index contributed by atoms with van der Waals surface area (Å²) >= 11 is 0. The second-order valence-electron chi connectivity index (χ2n) is 8.64. The Morgan fingerprint density at radius 2 is 2.00 bits per heavy atom. The van der Waals surface area contributed by atoms with Crippen LogP contribution in [0.25, 0.3) is 5.82 Å². The minimum absolute atomic E-state index is 0.0183. The number of carbonyl (C=O) groups excluding carboxylic acids is 2. The van der Waals surface area contributed by atoms with Crippen LogP contribution in [0.2, 0.25) is 0 Å². The van der Waals surface area contributed by atoms with Crippen LogP contribution in [-0.2, 0) is 14.3 Å². The number of rotatable bonds is 5. The normalized spacial score (nSPS) is 21.4. The molecule has 1 atom stereocenters. The van der Waals surface area contributed by atoms with Gasteiger partial charge in [0.15, 0.2) is 5.82 Å². The number of ether oxygens (including phenoxy) is 1. The Hall–Kier alpha value is -3.51. The molecule has 12 nitrogen and oxygen atoms in total. The molecule has 0 aliphatic carbocycles. The van der Waals surface area contributed by atoms with E-state index in [4.69, 9.17) is 4.74 Å². The van der Waals surface area contributed by atoms with E-state index in [0.29, 0.717) is 55.3 Å². The Balaban J connectivity index is 1.21. The van der Waals surface area contributed by atoms with Crippen LogP contribution in [0.3, 0.4) is 0 Å². The van der Waals surface area contributed by atoms with Crippen LogP contribution in [0, 0.1) is 12.3 Å². The Morgan fingerprint density at radius 3 is 2.64 bits per heavy atom. The van der Waals surface area contributed by atoms with E-state index < -0.39 is 11.5 Å². The summed E-state index contributed by atoms with van der Waals surface area (Å²) in [4.78, 5) is 28.6. The Kier molecular flexibility index (Phi) is 5.25. The van der Waals surface area contributed by atoms with Crippen molar-refractivity contribution in [2.24, 2.45) is 5.41 Å². The molecule has 1 unspecified atom stereocenters. The number of tetrazole rings is 1. The number of aryl methyl sites for hydroxylation is 1. The average molecular weight is 452 g/mol. The number of β-amino-alcohol motifs (C(OH)–C–C–N with tert-alkyl or cyclic N) is 1. The minimum Gasteiger partial charge on any atom is -0.456 e. The fourth-order valence-corrected chi connectivity index (χ4v) is 4.56. The molecule has 1 amide bonds. The lowest BCUT2D eigenvalue weighted by atomic mass is 9.78. The third kappa shape index (κ3) is 3.70. The highest BCUT2D eigenvalue weighted by Crippen LogP contribution is 2.41. The van der Waals surface area contributed by atoms with Crippen molar-refractivity contribution >= 4 is 11.9 Å². The molecule has 3 aliphatic rings. The van der Waals surface area contributed by atoms with E-state index >= 15 is 0 Å². The average Bonchev–Trinajstić information content (AvgIpc) is 3.53. The highest BCUT2D eigenvalue weighted by Gasteiger charge is 2.47. The predicted molar refractivity (Wildman–Crippen MR) is 112 cm³/mol. The number of hydrogen-bond acceptors (Lipinski definition) is 10. The van der Waals surface area contributed by atoms with Crippen molar-refractivity contribution in [2.75, 3.05) is 26.2 Å². The number of piperidine rings is 1. The molecule has 5 heterocycles. The van der Waals surface area contributed by atoms with Crippen molar-refractivity contribution in [1.82, 2.24) is 40.2 Å². The molecule has 1 spiro atoms. The van der Waals surface area contributed by atoms with Crippen LogP contribution in [0.4, 0.5) is 0 Å². The zero-order chi connectivity index (χ0) is 23.2. The van der Waals surface area contributed by atoms with Gasteiger partial charge in [0.25, 0.3) is 0 Å². The topological polar surface area (TPSA) is 139 Å². The van der Waals surface area contributed by atoms with E-state index in [-0.39, 0.29) is 18.5 Å². The molecule has 33 heavy (non-hydrogen) atoms. The van der Waals surface area contributed by atoms with Gasteiger partial charge < -0.3 is 14.7 Å². The second-order valence-corrected chi connectivity index (χ2v) is 8.64. The summed E-state index contributed by atoms with van der Waals surface area (Å²) in [6.07, 6.45) is 5.59. The number of aliphatic hydroxyl groups is 1. The summed E-state index contributed by atoms with van der Waals surface area (Å²) in [5.41, 5.74) is 1.81. The molecule has 0 aromatic carbocycles. The molecule has 1 N–H and O–H groups in total. The lowest BCUT2D eigenvalue weighted by Crippen LogP contribution is -2.46. The first kappa shape index (κ1) is 21.3. The summed E-state index contributed by atoms with van der Waals surface area (Å²) in [6, 6.07) is 1.78. The highest BCUT2D eigenvalue weighted by molar-refractivity contribution is 5.95. The number of nitrogens with zero attached hydrogens (tertiary/aromatic N) is 8. The van der Waals surface area contributed by atoms with Crippen LogP contribution in [0.1, 0.15) is 37.1 Å². The van der Waals surface area contributed by atoms with Gasteiger partial charge in [-0.05, 0) is 61.8 Å². The zero-order valence-corrected chi connectivity index (χ0v) is 18.4. The number of aromatic nitrogens is 6. The number of cyclic esters (lactones) is 1. The van der Waals surface area contributed by atoms with Crippen molar-refractivity contribution < 1.29 is 19.4 Å². The fraction of sp³-hybridized carbons (Fsp3) is 0.476. The third-order valence-corrected chi connectivity index (χ3v) is 6.65. The zero-order valence-electron chi connectivity index (χ0n) is 18.4. The molecule has 1 saturated heterocycles. The van der Waals surface area contributed by atoms with E-state index in [9.17, 15) is 14.7 Å². The van der Waals surface area contributed by atoms with Crippen LogP contribution in [0.15, 0.2) is 35.9 Å². The maximum atomic E-state index is 13.2. The van der Waals surface area contributed by atoms with Crippen molar-refractivity contribution in [1.29, 1.82) is 0 Å². The predicted octanol–water partition coefficient (Wildman–Crippen LogP) is 0.0630. The lowest BCUT2D eigenvalue weighted by molar-refractivity contribution is -0.138. The third-order valence-electron chi connectivity index (χ3n) is 6.65. The molecule has 172 valence electrons. The fourth-order valence-electron chi connectivity index (χ4n) is 4.56. The maximum absolute atomic E-state index is 13.2. The summed E-state index contributed by atoms with van der Waals surface area (Å²) < 4.78 is 6.46. The van der Waals surface area contributed by atoms with E-state index in [1.807, 2.05) is 13.0 Å². The summed E-state index contributed by atoms with van der Waals surface area (Å²) in [5.74, 6) is 0.0831. The number of esters is 1.